The highest BCUT2D eigenvalue weighted by atomic mass is 35.5. The van der Waals surface area contributed by atoms with Gasteiger partial charge in [-0.05, 0) is 30.3 Å². The monoisotopic (exact) mass is 420 g/mol. The van der Waals surface area contributed by atoms with E-state index in [1.165, 1.54) is 39.4 Å². The highest BCUT2D eigenvalue weighted by molar-refractivity contribution is 7.89. The molecule has 6 nitrogen and oxygen atoms in total. The number of methoxy groups -OCH3 is 1. The van der Waals surface area contributed by atoms with Crippen LogP contribution in [0.15, 0.2) is 35.2 Å². The van der Waals surface area contributed by atoms with Gasteiger partial charge in [-0.2, -0.15) is 0 Å². The van der Waals surface area contributed by atoms with Crippen molar-refractivity contribution in [1.29, 1.82) is 0 Å². The number of anilines is 1. The van der Waals surface area contributed by atoms with Crippen molar-refractivity contribution in [3.63, 3.8) is 0 Å². The minimum Gasteiger partial charge on any atom is -0.495 e. The Hall–Kier alpha value is -1.87. The van der Waals surface area contributed by atoms with E-state index < -0.39 is 21.7 Å². The molecule has 0 spiro atoms. The van der Waals surface area contributed by atoms with Gasteiger partial charge in [0.2, 0.25) is 10.0 Å². The number of ether oxygens (including phenoxy) is 1. The molecule has 2 aromatic carbocycles. The van der Waals surface area contributed by atoms with Gasteiger partial charge in [-0.15, -0.1) is 0 Å². The van der Waals surface area contributed by atoms with Gasteiger partial charge in [0.25, 0.3) is 5.91 Å². The quantitative estimate of drug-likeness (QED) is 0.748. The van der Waals surface area contributed by atoms with Crippen LogP contribution in [-0.4, -0.2) is 39.8 Å². The van der Waals surface area contributed by atoms with Crippen LogP contribution >= 0.6 is 23.2 Å². The molecule has 0 radical (unpaired) electrons. The van der Waals surface area contributed by atoms with Crippen LogP contribution in [0.1, 0.15) is 10.4 Å². The Morgan fingerprint density at radius 1 is 1.15 bits per heavy atom. The molecule has 10 heteroatoms. The van der Waals surface area contributed by atoms with Crippen LogP contribution in [0.5, 0.6) is 5.75 Å². The van der Waals surface area contributed by atoms with Crippen molar-refractivity contribution in [2.24, 2.45) is 0 Å². The molecular weight excluding hydrogens is 406 g/mol. The molecule has 0 aliphatic heterocycles. The molecule has 26 heavy (non-hydrogen) atoms. The summed E-state index contributed by atoms with van der Waals surface area (Å²) in [6.07, 6.45) is 0. The molecule has 0 fully saturated rings. The lowest BCUT2D eigenvalue weighted by Gasteiger charge is -2.15. The van der Waals surface area contributed by atoms with Crippen LogP contribution in [0.4, 0.5) is 10.1 Å². The molecule has 0 heterocycles. The standard InChI is InChI=1S/C16H15Cl2FN2O4S/c1-21(2)26(23,24)9-4-5-15(25-3)14(6-9)20-16(22)10-7-13(19)12(18)8-11(10)17/h4-8H,1-3H3,(H,20,22). The molecule has 0 saturated carbocycles. The number of benzene rings is 2. The lowest BCUT2D eigenvalue weighted by Crippen LogP contribution is -2.22. The second-order valence-corrected chi connectivity index (χ2v) is 8.32. The molecule has 140 valence electrons. The van der Waals surface area contributed by atoms with E-state index in [0.29, 0.717) is 0 Å². The Bertz CT molecular complexity index is 965. The molecule has 0 bridgehead atoms. The molecule has 1 amide bonds. The van der Waals surface area contributed by atoms with Crippen LogP contribution in [0.3, 0.4) is 0 Å². The smallest absolute Gasteiger partial charge is 0.257 e. The molecule has 2 aromatic rings. The first kappa shape index (κ1) is 20.4. The molecule has 0 aromatic heterocycles. The Balaban J connectivity index is 2.45. The lowest BCUT2D eigenvalue weighted by atomic mass is 10.2. The van der Waals surface area contributed by atoms with Crippen LogP contribution in [-0.2, 0) is 10.0 Å². The minimum atomic E-state index is -3.72. The van der Waals surface area contributed by atoms with E-state index in [1.54, 1.807) is 0 Å². The minimum absolute atomic E-state index is 0.0491. The zero-order valence-electron chi connectivity index (χ0n) is 14.0. The van der Waals surface area contributed by atoms with Gasteiger partial charge in [0, 0.05) is 14.1 Å². The maximum absolute atomic E-state index is 13.6. The average molecular weight is 421 g/mol. The molecule has 0 atom stereocenters. The number of amides is 1. The normalized spacial score (nSPS) is 11.5. The lowest BCUT2D eigenvalue weighted by molar-refractivity contribution is 0.102. The summed E-state index contributed by atoms with van der Waals surface area (Å²) in [6.45, 7) is 0. The number of hydrogen-bond acceptors (Lipinski definition) is 4. The Kier molecular flexibility index (Phi) is 6.13. The first-order valence-electron chi connectivity index (χ1n) is 7.14. The van der Waals surface area contributed by atoms with E-state index >= 15 is 0 Å². The molecule has 1 N–H and O–H groups in total. The number of sulfonamides is 1. The van der Waals surface area contributed by atoms with Crippen LogP contribution in [0, 0.1) is 5.82 Å². The third kappa shape index (κ3) is 4.09. The molecule has 0 saturated heterocycles. The van der Waals surface area contributed by atoms with Crippen molar-refractivity contribution in [1.82, 2.24) is 4.31 Å². The largest absolute Gasteiger partial charge is 0.495 e. The van der Waals surface area contributed by atoms with E-state index in [-0.39, 0.29) is 31.9 Å². The fourth-order valence-electron chi connectivity index (χ4n) is 2.04. The zero-order chi connectivity index (χ0) is 19.6. The summed E-state index contributed by atoms with van der Waals surface area (Å²) in [5.41, 5.74) is -0.0664. The molecular formula is C16H15Cl2FN2O4S. The summed E-state index contributed by atoms with van der Waals surface area (Å²) in [7, 11) is 0.405. The van der Waals surface area contributed by atoms with Crippen molar-refractivity contribution in [3.05, 3.63) is 51.8 Å². The maximum Gasteiger partial charge on any atom is 0.257 e. The van der Waals surface area contributed by atoms with Gasteiger partial charge in [-0.1, -0.05) is 23.2 Å². The predicted molar refractivity (Wildman–Crippen MR) is 98.2 cm³/mol. The highest BCUT2D eigenvalue weighted by Crippen LogP contribution is 2.30. The molecule has 0 aliphatic carbocycles. The number of carbonyl (C=O) groups is 1. The predicted octanol–water partition coefficient (Wildman–Crippen LogP) is 3.64. The van der Waals surface area contributed by atoms with Crippen molar-refractivity contribution >= 4 is 44.8 Å². The van der Waals surface area contributed by atoms with E-state index in [9.17, 15) is 17.6 Å². The van der Waals surface area contributed by atoms with Crippen molar-refractivity contribution in [2.45, 2.75) is 4.90 Å². The van der Waals surface area contributed by atoms with E-state index in [1.807, 2.05) is 0 Å². The Labute approximate surface area is 160 Å². The Morgan fingerprint density at radius 3 is 2.38 bits per heavy atom. The van der Waals surface area contributed by atoms with Crippen molar-refractivity contribution < 1.29 is 22.3 Å². The summed E-state index contributed by atoms with van der Waals surface area (Å²) in [5, 5.41) is 2.21. The van der Waals surface area contributed by atoms with Crippen molar-refractivity contribution in [3.8, 4) is 5.75 Å². The molecule has 0 aliphatic rings. The van der Waals surface area contributed by atoms with Gasteiger partial charge in [-0.25, -0.2) is 17.1 Å². The maximum atomic E-state index is 13.6. The number of halogens is 3. The molecule has 0 unspecified atom stereocenters. The topological polar surface area (TPSA) is 75.7 Å². The average Bonchev–Trinajstić information content (AvgIpc) is 2.57. The summed E-state index contributed by atoms with van der Waals surface area (Å²) < 4.78 is 44.3. The van der Waals surface area contributed by atoms with Gasteiger partial charge in [0.15, 0.2) is 0 Å². The summed E-state index contributed by atoms with van der Waals surface area (Å²) in [6, 6.07) is 5.99. The first-order valence-corrected chi connectivity index (χ1v) is 9.34. The van der Waals surface area contributed by atoms with Gasteiger partial charge in [0.05, 0.1) is 33.3 Å². The summed E-state index contributed by atoms with van der Waals surface area (Å²) in [4.78, 5) is 12.4. The number of nitrogens with one attached hydrogen (secondary N) is 1. The fourth-order valence-corrected chi connectivity index (χ4v) is 3.44. The Morgan fingerprint density at radius 2 is 1.81 bits per heavy atom. The van der Waals surface area contributed by atoms with Crippen LogP contribution in [0.25, 0.3) is 0 Å². The van der Waals surface area contributed by atoms with E-state index in [2.05, 4.69) is 5.32 Å². The number of rotatable bonds is 5. The van der Waals surface area contributed by atoms with Gasteiger partial charge >= 0.3 is 0 Å². The van der Waals surface area contributed by atoms with Gasteiger partial charge in [-0.3, -0.25) is 4.79 Å². The summed E-state index contributed by atoms with van der Waals surface area (Å²) in [5.74, 6) is -1.33. The second kappa shape index (κ2) is 7.79. The van der Waals surface area contributed by atoms with Crippen LogP contribution in [0.2, 0.25) is 10.0 Å². The number of nitrogens with zero attached hydrogens (tertiary/aromatic N) is 1. The third-order valence-corrected chi connectivity index (χ3v) is 5.87. The summed E-state index contributed by atoms with van der Waals surface area (Å²) >= 11 is 11.6. The fraction of sp³-hybridized carbons (Fsp3) is 0.188. The highest BCUT2D eigenvalue weighted by Gasteiger charge is 2.21. The van der Waals surface area contributed by atoms with Gasteiger partial charge in [0.1, 0.15) is 11.6 Å². The zero-order valence-corrected chi connectivity index (χ0v) is 16.3. The van der Waals surface area contributed by atoms with E-state index in [0.717, 1.165) is 16.4 Å². The first-order chi connectivity index (χ1) is 12.1. The number of carbonyl (C=O) groups excluding carboxylic acids is 1. The van der Waals surface area contributed by atoms with Gasteiger partial charge < -0.3 is 10.1 Å². The second-order valence-electron chi connectivity index (χ2n) is 5.35. The van der Waals surface area contributed by atoms with E-state index in [4.69, 9.17) is 27.9 Å². The third-order valence-electron chi connectivity index (χ3n) is 3.45. The molecule has 2 rings (SSSR count). The van der Waals surface area contributed by atoms with Crippen molar-refractivity contribution in [2.75, 3.05) is 26.5 Å². The number of hydrogen-bond donors (Lipinski definition) is 1. The SMILES string of the molecule is COc1ccc(S(=O)(=O)N(C)C)cc1NC(=O)c1cc(F)c(Cl)cc1Cl. The van der Waals surface area contributed by atoms with Crippen LogP contribution < -0.4 is 10.1 Å².